The Morgan fingerprint density at radius 1 is 1.30 bits per heavy atom. The van der Waals surface area contributed by atoms with Crippen molar-refractivity contribution in [3.63, 3.8) is 0 Å². The molecule has 3 rings (SSSR count). The zero-order valence-electron chi connectivity index (χ0n) is 14.2. The van der Waals surface area contributed by atoms with Gasteiger partial charge in [0.25, 0.3) is 5.91 Å². The summed E-state index contributed by atoms with van der Waals surface area (Å²) < 4.78 is 0. The fraction of sp³-hybridized carbons (Fsp3) is 0.706. The van der Waals surface area contributed by atoms with Gasteiger partial charge in [0.05, 0.1) is 12.4 Å². The molecule has 1 aromatic rings. The van der Waals surface area contributed by atoms with E-state index in [1.54, 1.807) is 20.3 Å². The molecular formula is C17H27N5O. The Hall–Kier alpha value is -1.69. The van der Waals surface area contributed by atoms with Crippen LogP contribution in [0.25, 0.3) is 0 Å². The number of aromatic nitrogens is 2. The van der Waals surface area contributed by atoms with Gasteiger partial charge in [-0.3, -0.25) is 9.78 Å². The van der Waals surface area contributed by atoms with Gasteiger partial charge < -0.3 is 15.1 Å². The fourth-order valence-corrected chi connectivity index (χ4v) is 3.66. The van der Waals surface area contributed by atoms with Crippen molar-refractivity contribution in [2.24, 2.45) is 5.92 Å². The Morgan fingerprint density at radius 3 is 2.83 bits per heavy atom. The number of hydrogen-bond donors (Lipinski definition) is 1. The zero-order valence-corrected chi connectivity index (χ0v) is 14.2. The van der Waals surface area contributed by atoms with E-state index in [4.69, 9.17) is 0 Å². The molecule has 0 radical (unpaired) electrons. The number of nitrogens with one attached hydrogen (secondary N) is 1. The largest absolute Gasteiger partial charge is 0.368 e. The SMILES string of the molecule is CN(C)C(=O)c1cncc(NC[C@@H]2CCN(C3CCCC3)C2)n1. The second-order valence-corrected chi connectivity index (χ2v) is 6.96. The van der Waals surface area contributed by atoms with Crippen LogP contribution in [0.4, 0.5) is 5.82 Å². The third kappa shape index (κ3) is 3.99. The highest BCUT2D eigenvalue weighted by Crippen LogP contribution is 2.28. The molecule has 1 aliphatic heterocycles. The standard InChI is InChI=1S/C17H27N5O/c1-21(2)17(23)15-10-18-11-16(20-15)19-9-13-7-8-22(12-13)14-5-3-4-6-14/h10-11,13-14H,3-9,12H2,1-2H3,(H,19,20)/t13-/m0/s1. The van der Waals surface area contributed by atoms with Crippen LogP contribution in [0, 0.1) is 5.92 Å². The van der Waals surface area contributed by atoms with Gasteiger partial charge in [0, 0.05) is 33.2 Å². The molecule has 126 valence electrons. The van der Waals surface area contributed by atoms with E-state index in [1.165, 1.54) is 56.3 Å². The number of hydrogen-bond acceptors (Lipinski definition) is 5. The topological polar surface area (TPSA) is 61.4 Å². The molecule has 1 saturated heterocycles. The van der Waals surface area contributed by atoms with Crippen LogP contribution in [-0.4, -0.2) is 65.4 Å². The molecule has 23 heavy (non-hydrogen) atoms. The first-order chi connectivity index (χ1) is 11.1. The smallest absolute Gasteiger partial charge is 0.273 e. The van der Waals surface area contributed by atoms with Gasteiger partial charge in [-0.05, 0) is 31.7 Å². The van der Waals surface area contributed by atoms with Gasteiger partial charge in [-0.15, -0.1) is 0 Å². The second kappa shape index (κ2) is 7.25. The van der Waals surface area contributed by atoms with Crippen LogP contribution < -0.4 is 5.32 Å². The maximum atomic E-state index is 11.9. The minimum Gasteiger partial charge on any atom is -0.368 e. The van der Waals surface area contributed by atoms with E-state index >= 15 is 0 Å². The van der Waals surface area contributed by atoms with Gasteiger partial charge in [0.15, 0.2) is 0 Å². The van der Waals surface area contributed by atoms with Crippen molar-refractivity contribution in [3.8, 4) is 0 Å². The number of nitrogens with zero attached hydrogens (tertiary/aromatic N) is 4. The third-order valence-electron chi connectivity index (χ3n) is 4.99. The van der Waals surface area contributed by atoms with Gasteiger partial charge in [-0.2, -0.15) is 0 Å². The van der Waals surface area contributed by atoms with Crippen LogP contribution in [0.5, 0.6) is 0 Å². The van der Waals surface area contributed by atoms with E-state index in [0.717, 1.165) is 12.6 Å². The molecule has 6 heteroatoms. The first-order valence-corrected chi connectivity index (χ1v) is 8.65. The number of likely N-dealkylation sites (tertiary alicyclic amines) is 1. The van der Waals surface area contributed by atoms with Crippen LogP contribution in [0.15, 0.2) is 12.4 Å². The maximum Gasteiger partial charge on any atom is 0.273 e. The van der Waals surface area contributed by atoms with Crippen molar-refractivity contribution in [2.75, 3.05) is 39.0 Å². The Labute approximate surface area is 138 Å². The number of rotatable bonds is 5. The highest BCUT2D eigenvalue weighted by Gasteiger charge is 2.29. The number of carbonyl (C=O) groups is 1. The van der Waals surface area contributed by atoms with Crippen LogP contribution in [0.1, 0.15) is 42.6 Å². The van der Waals surface area contributed by atoms with E-state index in [0.29, 0.717) is 17.4 Å². The molecule has 0 bridgehead atoms. The summed E-state index contributed by atoms with van der Waals surface area (Å²) in [7, 11) is 3.44. The molecule has 0 aromatic carbocycles. The van der Waals surface area contributed by atoms with Crippen molar-refractivity contribution in [1.82, 2.24) is 19.8 Å². The average molecular weight is 317 g/mol. The number of carbonyl (C=O) groups excluding carboxylic acids is 1. The molecule has 2 heterocycles. The molecule has 1 amide bonds. The number of amides is 1. The Bertz CT molecular complexity index is 542. The average Bonchev–Trinajstić information content (AvgIpc) is 3.23. The van der Waals surface area contributed by atoms with Crippen molar-refractivity contribution in [3.05, 3.63) is 18.1 Å². The van der Waals surface area contributed by atoms with Crippen LogP contribution in [0.2, 0.25) is 0 Å². The highest BCUT2D eigenvalue weighted by molar-refractivity contribution is 5.91. The predicted octanol–water partition coefficient (Wildman–Crippen LogP) is 1.85. The van der Waals surface area contributed by atoms with E-state index in [-0.39, 0.29) is 5.91 Å². The molecule has 1 aromatic heterocycles. The first-order valence-electron chi connectivity index (χ1n) is 8.65. The lowest BCUT2D eigenvalue weighted by Crippen LogP contribution is -2.31. The van der Waals surface area contributed by atoms with Crippen molar-refractivity contribution < 1.29 is 4.79 Å². The lowest BCUT2D eigenvalue weighted by molar-refractivity contribution is 0.0821. The predicted molar refractivity (Wildman–Crippen MR) is 90.5 cm³/mol. The first kappa shape index (κ1) is 16.2. The summed E-state index contributed by atoms with van der Waals surface area (Å²) in [4.78, 5) is 24.6. The molecule has 1 atom stereocenters. The minimum absolute atomic E-state index is 0.116. The van der Waals surface area contributed by atoms with Gasteiger partial charge >= 0.3 is 0 Å². The van der Waals surface area contributed by atoms with Crippen LogP contribution in [0.3, 0.4) is 0 Å². The third-order valence-corrected chi connectivity index (χ3v) is 4.99. The second-order valence-electron chi connectivity index (χ2n) is 6.96. The molecule has 0 unspecified atom stereocenters. The van der Waals surface area contributed by atoms with Crippen molar-refractivity contribution >= 4 is 11.7 Å². The van der Waals surface area contributed by atoms with E-state index in [9.17, 15) is 4.79 Å². The summed E-state index contributed by atoms with van der Waals surface area (Å²) >= 11 is 0. The summed E-state index contributed by atoms with van der Waals surface area (Å²) in [6.07, 6.45) is 9.99. The summed E-state index contributed by atoms with van der Waals surface area (Å²) in [5.41, 5.74) is 0.388. The molecule has 2 fully saturated rings. The molecule has 0 spiro atoms. The van der Waals surface area contributed by atoms with Crippen molar-refractivity contribution in [2.45, 2.75) is 38.1 Å². The zero-order chi connectivity index (χ0) is 16.2. The minimum atomic E-state index is -0.116. The van der Waals surface area contributed by atoms with Crippen LogP contribution in [-0.2, 0) is 0 Å². The van der Waals surface area contributed by atoms with E-state index in [2.05, 4.69) is 20.2 Å². The number of anilines is 1. The summed E-state index contributed by atoms with van der Waals surface area (Å²) in [6.45, 7) is 3.31. The fourth-order valence-electron chi connectivity index (χ4n) is 3.66. The maximum absolute atomic E-state index is 11.9. The molecule has 1 aliphatic carbocycles. The molecular weight excluding hydrogens is 290 g/mol. The molecule has 6 nitrogen and oxygen atoms in total. The monoisotopic (exact) mass is 317 g/mol. The normalized spacial score (nSPS) is 22.4. The molecule has 1 N–H and O–H groups in total. The summed E-state index contributed by atoms with van der Waals surface area (Å²) in [5, 5.41) is 3.36. The van der Waals surface area contributed by atoms with Crippen LogP contribution >= 0.6 is 0 Å². The van der Waals surface area contributed by atoms with Gasteiger partial charge in [0.2, 0.25) is 0 Å². The lowest BCUT2D eigenvalue weighted by atomic mass is 10.1. The summed E-state index contributed by atoms with van der Waals surface area (Å²) in [6, 6.07) is 0.820. The Morgan fingerprint density at radius 2 is 2.09 bits per heavy atom. The Balaban J connectivity index is 1.51. The lowest BCUT2D eigenvalue weighted by Gasteiger charge is -2.23. The Kier molecular flexibility index (Phi) is 5.10. The van der Waals surface area contributed by atoms with Gasteiger partial charge in [0.1, 0.15) is 11.5 Å². The summed E-state index contributed by atoms with van der Waals surface area (Å²) in [5.74, 6) is 1.23. The van der Waals surface area contributed by atoms with Gasteiger partial charge in [-0.25, -0.2) is 4.98 Å². The highest BCUT2D eigenvalue weighted by atomic mass is 16.2. The quantitative estimate of drug-likeness (QED) is 0.898. The van der Waals surface area contributed by atoms with Gasteiger partial charge in [-0.1, -0.05) is 12.8 Å². The molecule has 1 saturated carbocycles. The molecule has 2 aliphatic rings. The van der Waals surface area contributed by atoms with Crippen molar-refractivity contribution in [1.29, 1.82) is 0 Å². The van der Waals surface area contributed by atoms with E-state index < -0.39 is 0 Å². The van der Waals surface area contributed by atoms with E-state index in [1.807, 2.05) is 0 Å².